The van der Waals surface area contributed by atoms with Gasteiger partial charge in [0.25, 0.3) is 0 Å². The normalized spacial score (nSPS) is 35.6. The summed E-state index contributed by atoms with van der Waals surface area (Å²) in [4.78, 5) is 2.90. The lowest BCUT2D eigenvalue weighted by Crippen LogP contribution is -2.64. The molecule has 7 rings (SSSR count). The minimum atomic E-state index is -3.65. The third-order valence-electron chi connectivity index (χ3n) is 8.98. The third kappa shape index (κ3) is 3.94. The lowest BCUT2D eigenvalue weighted by molar-refractivity contribution is -0.0964. The highest BCUT2D eigenvalue weighted by molar-refractivity contribution is 7.89. The molecule has 2 aliphatic heterocycles. The summed E-state index contributed by atoms with van der Waals surface area (Å²) in [5.74, 6) is 2.63. The van der Waals surface area contributed by atoms with Crippen LogP contribution in [0.15, 0.2) is 34.1 Å². The predicted molar refractivity (Wildman–Crippen MR) is 127 cm³/mol. The van der Waals surface area contributed by atoms with Gasteiger partial charge in [-0.3, -0.25) is 4.90 Å². The first-order valence-corrected chi connectivity index (χ1v) is 15.6. The van der Waals surface area contributed by atoms with Gasteiger partial charge in [-0.2, -0.15) is 8.61 Å². The molecule has 4 aliphatic carbocycles. The summed E-state index contributed by atoms with van der Waals surface area (Å²) in [6, 6.07) is 5.72. The van der Waals surface area contributed by atoms with E-state index in [9.17, 15) is 16.8 Å². The molecular weight excluding hydrogens is 474 g/mol. The molecule has 0 aromatic heterocycles. The topological polar surface area (TPSA) is 87.2 Å². The van der Waals surface area contributed by atoms with Gasteiger partial charge in [0, 0.05) is 44.8 Å². The second-order valence-corrected chi connectivity index (χ2v) is 14.9. The van der Waals surface area contributed by atoms with Crippen LogP contribution >= 0.6 is 0 Å². The van der Waals surface area contributed by atoms with Crippen molar-refractivity contribution >= 4 is 20.0 Å². The molecule has 0 N–H and O–H groups in total. The van der Waals surface area contributed by atoms with Crippen molar-refractivity contribution in [2.24, 2.45) is 17.8 Å². The van der Waals surface area contributed by atoms with Crippen molar-refractivity contribution < 1.29 is 21.6 Å². The van der Waals surface area contributed by atoms with Gasteiger partial charge >= 0.3 is 0 Å². The van der Waals surface area contributed by atoms with Crippen molar-refractivity contribution in [2.45, 2.75) is 53.9 Å². The second-order valence-electron chi connectivity index (χ2n) is 11.0. The highest BCUT2D eigenvalue weighted by atomic mass is 32.2. The standard InChI is InChI=1S/C24H35N3O5S2/c28-33(29,22-1-3-23(4-2-22)34(30,31)27-9-11-32-12-10-27)26-7-5-25(6-8-26)24-16-19-13-20(17-24)15-21(14-19)18-24/h1-4,19-21H,5-18H2. The van der Waals surface area contributed by atoms with Crippen molar-refractivity contribution in [3.63, 3.8) is 0 Å². The summed E-state index contributed by atoms with van der Waals surface area (Å²) in [5, 5.41) is 0. The second kappa shape index (κ2) is 8.52. The largest absolute Gasteiger partial charge is 0.379 e. The summed E-state index contributed by atoms with van der Waals surface area (Å²) in [5.41, 5.74) is 0.306. The van der Waals surface area contributed by atoms with Gasteiger partial charge in [0.15, 0.2) is 0 Å². The number of morpholine rings is 1. The van der Waals surface area contributed by atoms with E-state index < -0.39 is 20.0 Å². The number of ether oxygens (including phenoxy) is 1. The fraction of sp³-hybridized carbons (Fsp3) is 0.750. The number of rotatable bonds is 5. The Labute approximate surface area is 203 Å². The van der Waals surface area contributed by atoms with Crippen molar-refractivity contribution in [2.75, 3.05) is 52.5 Å². The molecule has 0 unspecified atom stereocenters. The SMILES string of the molecule is O=S(=O)(c1ccc(S(=O)(=O)N2CCN(C34CC5CC(CC(C5)C3)C4)CC2)cc1)N1CCOCC1. The quantitative estimate of drug-likeness (QED) is 0.603. The average Bonchev–Trinajstić information content (AvgIpc) is 2.84. The Morgan fingerprint density at radius 1 is 0.647 bits per heavy atom. The summed E-state index contributed by atoms with van der Waals surface area (Å²) in [6.45, 7) is 3.95. The zero-order valence-electron chi connectivity index (χ0n) is 19.6. The highest BCUT2D eigenvalue weighted by Gasteiger charge is 2.54. The van der Waals surface area contributed by atoms with E-state index in [1.54, 1.807) is 4.31 Å². The van der Waals surface area contributed by atoms with Crippen LogP contribution in [0, 0.1) is 17.8 Å². The number of piperazine rings is 1. The summed E-state index contributed by atoms with van der Waals surface area (Å²) in [7, 11) is -7.29. The van der Waals surface area contributed by atoms with E-state index in [0.717, 1.165) is 30.8 Å². The van der Waals surface area contributed by atoms with Crippen LogP contribution in [-0.4, -0.2) is 88.4 Å². The zero-order chi connectivity index (χ0) is 23.6. The molecular formula is C24H35N3O5S2. The number of benzene rings is 1. The van der Waals surface area contributed by atoms with Gasteiger partial charge in [0.2, 0.25) is 20.0 Å². The van der Waals surface area contributed by atoms with Crippen molar-refractivity contribution in [1.29, 1.82) is 0 Å². The van der Waals surface area contributed by atoms with Gasteiger partial charge in [-0.15, -0.1) is 0 Å². The van der Waals surface area contributed by atoms with E-state index in [0.29, 0.717) is 44.9 Å². The summed E-state index contributed by atoms with van der Waals surface area (Å²) in [6.07, 6.45) is 8.11. The first kappa shape index (κ1) is 23.4. The van der Waals surface area contributed by atoms with Gasteiger partial charge in [0.05, 0.1) is 23.0 Å². The van der Waals surface area contributed by atoms with E-state index in [2.05, 4.69) is 4.90 Å². The monoisotopic (exact) mass is 509 g/mol. The molecule has 10 heteroatoms. The predicted octanol–water partition coefficient (Wildman–Crippen LogP) is 1.98. The number of hydrogen-bond acceptors (Lipinski definition) is 6. The summed E-state index contributed by atoms with van der Waals surface area (Å²) < 4.78 is 60.6. The smallest absolute Gasteiger partial charge is 0.243 e. The molecule has 34 heavy (non-hydrogen) atoms. The molecule has 1 aromatic carbocycles. The number of nitrogens with zero attached hydrogens (tertiary/aromatic N) is 3. The van der Waals surface area contributed by atoms with Gasteiger partial charge in [-0.05, 0) is 80.5 Å². The Bertz CT molecular complexity index is 1090. The Morgan fingerprint density at radius 3 is 1.50 bits per heavy atom. The maximum atomic E-state index is 13.3. The van der Waals surface area contributed by atoms with Crippen molar-refractivity contribution in [1.82, 2.24) is 13.5 Å². The minimum absolute atomic E-state index is 0.125. The van der Waals surface area contributed by atoms with E-state index >= 15 is 0 Å². The molecule has 1 aromatic rings. The molecule has 0 spiro atoms. The lowest BCUT2D eigenvalue weighted by atomic mass is 9.52. The first-order valence-electron chi connectivity index (χ1n) is 12.7. The van der Waals surface area contributed by atoms with Gasteiger partial charge in [-0.1, -0.05) is 0 Å². The zero-order valence-corrected chi connectivity index (χ0v) is 21.3. The van der Waals surface area contributed by atoms with E-state index in [1.807, 2.05) is 0 Å². The number of hydrogen-bond donors (Lipinski definition) is 0. The Balaban J connectivity index is 1.13. The molecule has 8 nitrogen and oxygen atoms in total. The van der Waals surface area contributed by atoms with Crippen LogP contribution in [0.3, 0.4) is 0 Å². The first-order chi connectivity index (χ1) is 16.3. The van der Waals surface area contributed by atoms with Crippen LogP contribution in [0.5, 0.6) is 0 Å². The van der Waals surface area contributed by atoms with Crippen molar-refractivity contribution in [3.8, 4) is 0 Å². The van der Waals surface area contributed by atoms with Crippen LogP contribution in [-0.2, 0) is 24.8 Å². The highest BCUT2D eigenvalue weighted by Crippen LogP contribution is 2.57. The maximum absolute atomic E-state index is 13.3. The van der Waals surface area contributed by atoms with Gasteiger partial charge in [0.1, 0.15) is 0 Å². The minimum Gasteiger partial charge on any atom is -0.379 e. The molecule has 0 radical (unpaired) electrons. The average molecular weight is 510 g/mol. The van der Waals surface area contributed by atoms with E-state index in [4.69, 9.17) is 4.74 Å². The molecule has 4 bridgehead atoms. The van der Waals surface area contributed by atoms with Gasteiger partial charge < -0.3 is 4.74 Å². The summed E-state index contributed by atoms with van der Waals surface area (Å²) >= 11 is 0. The fourth-order valence-electron chi connectivity index (χ4n) is 7.72. The fourth-order valence-corrected chi connectivity index (χ4v) is 10.6. The lowest BCUT2D eigenvalue weighted by Gasteiger charge is -2.61. The van der Waals surface area contributed by atoms with Crippen LogP contribution in [0.4, 0.5) is 0 Å². The molecule has 6 fully saturated rings. The van der Waals surface area contributed by atoms with Crippen LogP contribution in [0.2, 0.25) is 0 Å². The molecule has 2 saturated heterocycles. The third-order valence-corrected chi connectivity index (χ3v) is 12.8. The van der Waals surface area contributed by atoms with E-state index in [1.165, 1.54) is 67.1 Å². The maximum Gasteiger partial charge on any atom is 0.243 e. The molecule has 0 atom stereocenters. The van der Waals surface area contributed by atoms with Crippen molar-refractivity contribution in [3.05, 3.63) is 24.3 Å². The molecule has 188 valence electrons. The Morgan fingerprint density at radius 2 is 1.06 bits per heavy atom. The van der Waals surface area contributed by atoms with Crippen LogP contribution in [0.25, 0.3) is 0 Å². The molecule has 0 amide bonds. The van der Waals surface area contributed by atoms with E-state index in [-0.39, 0.29) is 9.79 Å². The van der Waals surface area contributed by atoms with Crippen LogP contribution in [0.1, 0.15) is 38.5 Å². The Hall–Kier alpha value is -1.04. The van der Waals surface area contributed by atoms with Gasteiger partial charge in [-0.25, -0.2) is 16.8 Å². The Kier molecular flexibility index (Phi) is 5.86. The number of sulfonamides is 2. The molecule has 6 aliphatic rings. The molecule has 4 saturated carbocycles. The van der Waals surface area contributed by atoms with Crippen LogP contribution < -0.4 is 0 Å². The molecule has 2 heterocycles.